The van der Waals surface area contributed by atoms with Crippen LogP contribution in [0.1, 0.15) is 15.2 Å². The zero-order valence-corrected chi connectivity index (χ0v) is 10.0. The smallest absolute Gasteiger partial charge is 0.252 e. The van der Waals surface area contributed by atoms with Crippen molar-refractivity contribution in [1.29, 1.82) is 0 Å². The topological polar surface area (TPSA) is 68.0 Å². The lowest BCUT2D eigenvalue weighted by Gasteiger charge is -2.07. The first-order valence-corrected chi connectivity index (χ1v) is 6.16. The lowest BCUT2D eigenvalue weighted by molar-refractivity contribution is 0.100. The van der Waals surface area contributed by atoms with Gasteiger partial charge in [-0.2, -0.15) is 0 Å². The normalized spacial score (nSPS) is 10.1. The second kappa shape index (κ2) is 5.45. The summed E-state index contributed by atoms with van der Waals surface area (Å²) in [4.78, 5) is 16.6. The van der Waals surface area contributed by atoms with Crippen LogP contribution in [0.5, 0.6) is 0 Å². The molecule has 0 unspecified atom stereocenters. The number of aromatic nitrogens is 1. The first-order chi connectivity index (χ1) is 8.27. The van der Waals surface area contributed by atoms with Gasteiger partial charge in [0.2, 0.25) is 0 Å². The van der Waals surface area contributed by atoms with Crippen LogP contribution >= 0.6 is 11.3 Å². The number of hydrogen-bond donors (Lipinski definition) is 2. The van der Waals surface area contributed by atoms with Gasteiger partial charge in [-0.25, -0.2) is 4.98 Å². The molecule has 0 aliphatic rings. The van der Waals surface area contributed by atoms with E-state index in [9.17, 15) is 4.79 Å². The largest absolute Gasteiger partial charge is 0.369 e. The molecule has 2 aromatic rings. The Morgan fingerprint density at radius 1 is 1.41 bits per heavy atom. The number of pyridine rings is 1. The van der Waals surface area contributed by atoms with Gasteiger partial charge in [-0.3, -0.25) is 4.79 Å². The molecule has 1 amide bonds. The third-order valence-electron chi connectivity index (χ3n) is 2.32. The number of hydrogen-bond acceptors (Lipinski definition) is 4. The molecular weight excluding hydrogens is 234 g/mol. The Morgan fingerprint density at radius 3 is 3.00 bits per heavy atom. The van der Waals surface area contributed by atoms with E-state index in [-0.39, 0.29) is 0 Å². The third kappa shape index (κ3) is 3.04. The molecule has 88 valence electrons. The molecule has 0 fully saturated rings. The highest BCUT2D eigenvalue weighted by molar-refractivity contribution is 7.09. The Morgan fingerprint density at radius 2 is 2.29 bits per heavy atom. The number of thiophene rings is 1. The minimum Gasteiger partial charge on any atom is -0.369 e. The van der Waals surface area contributed by atoms with Crippen molar-refractivity contribution >= 4 is 23.1 Å². The Balaban J connectivity index is 1.97. The van der Waals surface area contributed by atoms with Crippen molar-refractivity contribution in [2.24, 2.45) is 5.73 Å². The van der Waals surface area contributed by atoms with Crippen molar-refractivity contribution in [3.05, 3.63) is 46.3 Å². The average Bonchev–Trinajstić information content (AvgIpc) is 2.82. The SMILES string of the molecule is NC(=O)c1cccnc1NCCc1cccs1. The summed E-state index contributed by atoms with van der Waals surface area (Å²) < 4.78 is 0. The lowest BCUT2D eigenvalue weighted by atomic mass is 10.2. The van der Waals surface area contributed by atoms with Gasteiger partial charge in [0, 0.05) is 17.6 Å². The summed E-state index contributed by atoms with van der Waals surface area (Å²) in [5.74, 6) is 0.0910. The van der Waals surface area contributed by atoms with Crippen LogP contribution in [0.2, 0.25) is 0 Å². The Bertz CT molecular complexity index is 496. The molecule has 2 aromatic heterocycles. The van der Waals surface area contributed by atoms with Crippen LogP contribution in [0.15, 0.2) is 35.8 Å². The van der Waals surface area contributed by atoms with Gasteiger partial charge < -0.3 is 11.1 Å². The molecule has 0 bridgehead atoms. The molecule has 0 radical (unpaired) electrons. The van der Waals surface area contributed by atoms with Crippen LogP contribution in [-0.4, -0.2) is 17.4 Å². The van der Waals surface area contributed by atoms with Crippen LogP contribution in [0.25, 0.3) is 0 Å². The quantitative estimate of drug-likeness (QED) is 0.848. The third-order valence-corrected chi connectivity index (χ3v) is 3.25. The number of primary amides is 1. The van der Waals surface area contributed by atoms with Crippen LogP contribution in [-0.2, 0) is 6.42 Å². The maximum absolute atomic E-state index is 11.2. The van der Waals surface area contributed by atoms with Gasteiger partial charge in [-0.05, 0) is 30.0 Å². The summed E-state index contributed by atoms with van der Waals surface area (Å²) in [6.45, 7) is 0.734. The number of nitrogens with one attached hydrogen (secondary N) is 1. The number of nitrogens with two attached hydrogens (primary N) is 1. The first-order valence-electron chi connectivity index (χ1n) is 5.28. The molecule has 0 saturated heterocycles. The van der Waals surface area contributed by atoms with Gasteiger partial charge in [0.1, 0.15) is 5.82 Å². The van der Waals surface area contributed by atoms with Gasteiger partial charge in [-0.1, -0.05) is 6.07 Å². The van der Waals surface area contributed by atoms with Gasteiger partial charge in [-0.15, -0.1) is 11.3 Å². The predicted octanol–water partition coefficient (Wildman–Crippen LogP) is 1.90. The van der Waals surface area contributed by atoms with Crippen LogP contribution in [0, 0.1) is 0 Å². The summed E-state index contributed by atoms with van der Waals surface area (Å²) in [5.41, 5.74) is 5.69. The number of amides is 1. The molecule has 2 heterocycles. The van der Waals surface area contributed by atoms with E-state index >= 15 is 0 Å². The molecule has 17 heavy (non-hydrogen) atoms. The molecule has 5 heteroatoms. The molecule has 0 aliphatic carbocycles. The second-order valence-electron chi connectivity index (χ2n) is 3.52. The molecule has 4 nitrogen and oxygen atoms in total. The number of nitrogens with zero attached hydrogens (tertiary/aromatic N) is 1. The zero-order valence-electron chi connectivity index (χ0n) is 9.22. The fourth-order valence-corrected chi connectivity index (χ4v) is 2.21. The molecule has 3 N–H and O–H groups in total. The predicted molar refractivity (Wildman–Crippen MR) is 69.3 cm³/mol. The average molecular weight is 247 g/mol. The maximum atomic E-state index is 11.2. The highest BCUT2D eigenvalue weighted by Crippen LogP contribution is 2.12. The summed E-state index contributed by atoms with van der Waals surface area (Å²) in [6.07, 6.45) is 2.55. The minimum absolute atomic E-state index is 0.429. The van der Waals surface area contributed by atoms with Crippen LogP contribution in [0.4, 0.5) is 5.82 Å². The van der Waals surface area contributed by atoms with Crippen LogP contribution in [0.3, 0.4) is 0 Å². The number of carbonyl (C=O) groups is 1. The fourth-order valence-electron chi connectivity index (χ4n) is 1.50. The molecule has 0 spiro atoms. The number of rotatable bonds is 5. The van der Waals surface area contributed by atoms with E-state index < -0.39 is 5.91 Å². The van der Waals surface area contributed by atoms with Crippen molar-refractivity contribution in [2.45, 2.75) is 6.42 Å². The summed E-state index contributed by atoms with van der Waals surface area (Å²) in [6, 6.07) is 7.47. The minimum atomic E-state index is -0.461. The van der Waals surface area contributed by atoms with Gasteiger partial charge >= 0.3 is 0 Å². The lowest BCUT2D eigenvalue weighted by Crippen LogP contribution is -2.16. The Kier molecular flexibility index (Phi) is 3.72. The number of carbonyl (C=O) groups excluding carboxylic acids is 1. The van der Waals surface area contributed by atoms with Crippen molar-refractivity contribution < 1.29 is 4.79 Å². The monoisotopic (exact) mass is 247 g/mol. The van der Waals surface area contributed by atoms with E-state index in [1.165, 1.54) is 4.88 Å². The van der Waals surface area contributed by atoms with Crippen molar-refractivity contribution in [3.8, 4) is 0 Å². The van der Waals surface area contributed by atoms with E-state index in [0.717, 1.165) is 13.0 Å². The van der Waals surface area contributed by atoms with E-state index in [4.69, 9.17) is 5.73 Å². The van der Waals surface area contributed by atoms with Crippen molar-refractivity contribution in [1.82, 2.24) is 4.98 Å². The highest BCUT2D eigenvalue weighted by atomic mass is 32.1. The van der Waals surface area contributed by atoms with E-state index in [2.05, 4.69) is 16.4 Å². The maximum Gasteiger partial charge on any atom is 0.252 e. The van der Waals surface area contributed by atoms with Crippen molar-refractivity contribution in [3.63, 3.8) is 0 Å². The Hall–Kier alpha value is -1.88. The van der Waals surface area contributed by atoms with E-state index in [1.54, 1.807) is 29.7 Å². The summed E-state index contributed by atoms with van der Waals surface area (Å²) in [5, 5.41) is 5.17. The first kappa shape index (κ1) is 11.6. The molecular formula is C12H13N3OS. The second-order valence-corrected chi connectivity index (χ2v) is 4.55. The highest BCUT2D eigenvalue weighted by Gasteiger charge is 2.07. The van der Waals surface area contributed by atoms with Gasteiger partial charge in [0.05, 0.1) is 5.56 Å². The fraction of sp³-hybridized carbons (Fsp3) is 0.167. The standard InChI is InChI=1S/C12H13N3OS/c13-11(16)10-4-1-6-14-12(10)15-7-5-9-3-2-8-17-9/h1-4,6,8H,5,7H2,(H2,13,16)(H,14,15). The Labute approximate surface area is 103 Å². The molecule has 0 aromatic carbocycles. The van der Waals surface area contributed by atoms with E-state index in [1.807, 2.05) is 11.4 Å². The summed E-state index contributed by atoms with van der Waals surface area (Å²) >= 11 is 1.72. The molecule has 0 aliphatic heterocycles. The van der Waals surface area contributed by atoms with Crippen LogP contribution < -0.4 is 11.1 Å². The van der Waals surface area contributed by atoms with Gasteiger partial charge in [0.15, 0.2) is 0 Å². The molecule has 2 rings (SSSR count). The number of anilines is 1. The van der Waals surface area contributed by atoms with Gasteiger partial charge in [0.25, 0.3) is 5.91 Å². The molecule has 0 saturated carbocycles. The summed E-state index contributed by atoms with van der Waals surface area (Å²) in [7, 11) is 0. The van der Waals surface area contributed by atoms with E-state index in [0.29, 0.717) is 11.4 Å². The molecule has 0 atom stereocenters. The zero-order chi connectivity index (χ0) is 12.1. The van der Waals surface area contributed by atoms with Crippen molar-refractivity contribution in [2.75, 3.05) is 11.9 Å².